The van der Waals surface area contributed by atoms with Crippen molar-refractivity contribution in [3.8, 4) is 0 Å². The minimum atomic E-state index is -0.825. The molecule has 0 saturated heterocycles. The van der Waals surface area contributed by atoms with Crippen molar-refractivity contribution < 1.29 is 9.90 Å². The maximum Gasteiger partial charge on any atom is 0.307 e. The van der Waals surface area contributed by atoms with Crippen LogP contribution in [-0.2, 0) is 11.2 Å². The molecule has 0 aromatic carbocycles. The van der Waals surface area contributed by atoms with E-state index in [9.17, 15) is 4.79 Å². The zero-order valence-corrected chi connectivity index (χ0v) is 6.58. The number of halogens is 1. The number of thiophene rings is 1. The quantitative estimate of drug-likeness (QED) is 0.749. The molecule has 0 aliphatic carbocycles. The van der Waals surface area contributed by atoms with E-state index in [4.69, 9.17) is 16.7 Å². The van der Waals surface area contributed by atoms with Gasteiger partial charge in [-0.3, -0.25) is 4.79 Å². The molecule has 0 spiro atoms. The normalized spacial score (nSPS) is 9.70. The zero-order chi connectivity index (χ0) is 7.56. The van der Waals surface area contributed by atoms with E-state index in [1.54, 1.807) is 11.4 Å². The van der Waals surface area contributed by atoms with E-state index >= 15 is 0 Å². The van der Waals surface area contributed by atoms with Gasteiger partial charge in [-0.15, -0.1) is 11.3 Å². The first-order valence-electron chi connectivity index (χ1n) is 2.63. The third-order valence-corrected chi connectivity index (χ3v) is 2.12. The maximum atomic E-state index is 10.1. The average molecular weight is 177 g/mol. The van der Waals surface area contributed by atoms with Gasteiger partial charge in [0.1, 0.15) is 0 Å². The van der Waals surface area contributed by atoms with E-state index in [1.165, 1.54) is 11.3 Å². The summed E-state index contributed by atoms with van der Waals surface area (Å²) >= 11 is 6.92. The van der Waals surface area contributed by atoms with Crippen LogP contribution in [0.25, 0.3) is 0 Å². The van der Waals surface area contributed by atoms with Crippen LogP contribution in [0.5, 0.6) is 0 Å². The molecule has 1 N–H and O–H groups in total. The fraction of sp³-hybridized carbons (Fsp3) is 0.167. The van der Waals surface area contributed by atoms with Crippen molar-refractivity contribution in [2.45, 2.75) is 6.42 Å². The first kappa shape index (κ1) is 7.57. The Bertz CT molecular complexity index is 244. The molecule has 0 fully saturated rings. The molecule has 0 atom stereocenters. The van der Waals surface area contributed by atoms with Gasteiger partial charge in [-0.2, -0.15) is 0 Å². The predicted octanol–water partition coefficient (Wildman–Crippen LogP) is 2.03. The van der Waals surface area contributed by atoms with Gasteiger partial charge in [-0.25, -0.2) is 0 Å². The van der Waals surface area contributed by atoms with Gasteiger partial charge in [0, 0.05) is 0 Å². The maximum absolute atomic E-state index is 10.1. The molecule has 1 aromatic rings. The molecule has 0 radical (unpaired) electrons. The summed E-state index contributed by atoms with van der Waals surface area (Å²) in [5.41, 5.74) is 0.766. The molecule has 1 aromatic heterocycles. The predicted molar refractivity (Wildman–Crippen MR) is 40.7 cm³/mol. The Balaban J connectivity index is 2.67. The van der Waals surface area contributed by atoms with Gasteiger partial charge >= 0.3 is 5.97 Å². The Morgan fingerprint density at radius 2 is 2.50 bits per heavy atom. The summed E-state index contributed by atoms with van der Waals surface area (Å²) in [4.78, 5) is 10.1. The van der Waals surface area contributed by atoms with E-state index in [1.807, 2.05) is 0 Å². The van der Waals surface area contributed by atoms with Gasteiger partial charge in [0.05, 0.1) is 10.8 Å². The van der Waals surface area contributed by atoms with Gasteiger partial charge < -0.3 is 5.11 Å². The van der Waals surface area contributed by atoms with Crippen LogP contribution in [-0.4, -0.2) is 11.1 Å². The van der Waals surface area contributed by atoms with E-state index in [0.29, 0.717) is 4.34 Å². The van der Waals surface area contributed by atoms with Crippen molar-refractivity contribution in [2.24, 2.45) is 0 Å². The lowest BCUT2D eigenvalue weighted by Gasteiger charge is -1.85. The van der Waals surface area contributed by atoms with Crippen LogP contribution in [0.2, 0.25) is 4.34 Å². The molecule has 10 heavy (non-hydrogen) atoms. The van der Waals surface area contributed by atoms with Gasteiger partial charge in [-0.05, 0) is 17.0 Å². The number of hydrogen-bond acceptors (Lipinski definition) is 2. The number of aliphatic carboxylic acids is 1. The molecule has 1 heterocycles. The van der Waals surface area contributed by atoms with Crippen molar-refractivity contribution in [1.29, 1.82) is 0 Å². The fourth-order valence-corrected chi connectivity index (χ4v) is 1.52. The average Bonchev–Trinajstić information content (AvgIpc) is 2.13. The molecule has 54 valence electrons. The Hall–Kier alpha value is -0.540. The summed E-state index contributed by atoms with van der Waals surface area (Å²) in [5, 5.41) is 10.1. The summed E-state index contributed by atoms with van der Waals surface area (Å²) < 4.78 is 0.635. The lowest BCUT2D eigenvalue weighted by Crippen LogP contribution is -1.97. The first-order chi connectivity index (χ1) is 4.68. The smallest absolute Gasteiger partial charge is 0.307 e. The number of carbonyl (C=O) groups is 1. The summed E-state index contributed by atoms with van der Waals surface area (Å²) in [6.45, 7) is 0. The van der Waals surface area contributed by atoms with Crippen LogP contribution in [0.4, 0.5) is 0 Å². The second-order valence-electron chi connectivity index (χ2n) is 1.83. The third-order valence-electron chi connectivity index (χ3n) is 0.977. The number of carboxylic acid groups (broad SMARTS) is 1. The van der Waals surface area contributed by atoms with Crippen molar-refractivity contribution >= 4 is 28.9 Å². The summed E-state index contributed by atoms with van der Waals surface area (Å²) in [6, 6.07) is 1.67. The Morgan fingerprint density at radius 1 is 1.80 bits per heavy atom. The van der Waals surface area contributed by atoms with E-state index in [-0.39, 0.29) is 6.42 Å². The highest BCUT2D eigenvalue weighted by Crippen LogP contribution is 2.19. The van der Waals surface area contributed by atoms with Gasteiger partial charge in [0.15, 0.2) is 0 Å². The van der Waals surface area contributed by atoms with Crippen LogP contribution in [0, 0.1) is 0 Å². The molecule has 1 rings (SSSR count). The Kier molecular flexibility index (Phi) is 2.29. The molecule has 0 unspecified atom stereocenters. The molecule has 4 heteroatoms. The third kappa shape index (κ3) is 2.01. The first-order valence-corrected chi connectivity index (χ1v) is 3.89. The standard InChI is InChI=1S/C6H5ClO2S/c7-5-1-4(3-10-5)2-6(8)9/h1,3H,2H2,(H,8,9). The monoisotopic (exact) mass is 176 g/mol. The van der Waals surface area contributed by atoms with E-state index in [2.05, 4.69) is 0 Å². The van der Waals surface area contributed by atoms with Gasteiger partial charge in [-0.1, -0.05) is 11.6 Å². The second kappa shape index (κ2) is 3.03. The number of carboxylic acids is 1. The molecule has 0 saturated carbocycles. The highest BCUT2D eigenvalue weighted by Gasteiger charge is 2.01. The van der Waals surface area contributed by atoms with Crippen LogP contribution < -0.4 is 0 Å². The van der Waals surface area contributed by atoms with Crippen molar-refractivity contribution in [3.63, 3.8) is 0 Å². The van der Waals surface area contributed by atoms with Gasteiger partial charge in [0.25, 0.3) is 0 Å². The van der Waals surface area contributed by atoms with Gasteiger partial charge in [0.2, 0.25) is 0 Å². The zero-order valence-electron chi connectivity index (χ0n) is 5.00. The highest BCUT2D eigenvalue weighted by atomic mass is 35.5. The van der Waals surface area contributed by atoms with Crippen LogP contribution in [0.3, 0.4) is 0 Å². The largest absolute Gasteiger partial charge is 0.481 e. The minimum Gasteiger partial charge on any atom is -0.481 e. The van der Waals surface area contributed by atoms with Crippen molar-refractivity contribution in [1.82, 2.24) is 0 Å². The molecular weight excluding hydrogens is 172 g/mol. The number of rotatable bonds is 2. The Labute approximate surface area is 67.1 Å². The molecule has 0 bridgehead atoms. The second-order valence-corrected chi connectivity index (χ2v) is 3.37. The molecule has 0 aliphatic heterocycles. The summed E-state index contributed by atoms with van der Waals surface area (Å²) in [6.07, 6.45) is 0.0587. The van der Waals surface area contributed by atoms with Crippen molar-refractivity contribution in [3.05, 3.63) is 21.3 Å². The lowest BCUT2D eigenvalue weighted by atomic mass is 10.2. The minimum absolute atomic E-state index is 0.0587. The van der Waals surface area contributed by atoms with E-state index < -0.39 is 5.97 Å². The summed E-state index contributed by atoms with van der Waals surface area (Å²) in [7, 11) is 0. The molecule has 2 nitrogen and oxygen atoms in total. The van der Waals surface area contributed by atoms with Crippen molar-refractivity contribution in [2.75, 3.05) is 0 Å². The SMILES string of the molecule is O=C(O)Cc1csc(Cl)c1. The van der Waals surface area contributed by atoms with E-state index in [0.717, 1.165) is 5.56 Å². The molecule has 0 amide bonds. The number of hydrogen-bond donors (Lipinski definition) is 1. The lowest BCUT2D eigenvalue weighted by molar-refractivity contribution is -0.136. The fourth-order valence-electron chi connectivity index (χ4n) is 0.613. The Morgan fingerprint density at radius 3 is 2.90 bits per heavy atom. The molecule has 0 aliphatic rings. The summed E-state index contributed by atoms with van der Waals surface area (Å²) in [5.74, 6) is -0.825. The molecular formula is C6H5ClO2S. The van der Waals surface area contributed by atoms with Crippen LogP contribution in [0.15, 0.2) is 11.4 Å². The highest BCUT2D eigenvalue weighted by molar-refractivity contribution is 7.14. The topological polar surface area (TPSA) is 37.3 Å². The van der Waals surface area contributed by atoms with Crippen LogP contribution in [0.1, 0.15) is 5.56 Å². The van der Waals surface area contributed by atoms with Crippen LogP contribution >= 0.6 is 22.9 Å².